The molecule has 1 rings (SSSR count). The molecule has 2 unspecified atom stereocenters. The predicted molar refractivity (Wildman–Crippen MR) is 74.3 cm³/mol. The van der Waals surface area contributed by atoms with Crippen molar-refractivity contribution in [2.24, 2.45) is 5.73 Å². The molecule has 0 saturated heterocycles. The van der Waals surface area contributed by atoms with Crippen molar-refractivity contribution in [3.8, 4) is 5.75 Å². The number of rotatable bonds is 5. The number of carbonyl (C=O) groups is 3. The van der Waals surface area contributed by atoms with Gasteiger partial charge in [-0.2, -0.15) is 0 Å². The summed E-state index contributed by atoms with van der Waals surface area (Å²) in [4.78, 5) is 30.5. The average Bonchev–Trinajstić information content (AvgIpc) is 2.53. The predicted octanol–water partition coefficient (Wildman–Crippen LogP) is -1.56. The van der Waals surface area contributed by atoms with Gasteiger partial charge in [-0.1, -0.05) is 12.1 Å². The Bertz CT molecular complexity index is 525. The molecular formula is C13H17NO9. The third-order valence-electron chi connectivity index (χ3n) is 2.51. The highest BCUT2D eigenvalue weighted by molar-refractivity contribution is 5.83. The molecule has 0 aliphatic heterocycles. The lowest BCUT2D eigenvalue weighted by atomic mass is 10.1. The van der Waals surface area contributed by atoms with Crippen molar-refractivity contribution in [1.29, 1.82) is 0 Å². The van der Waals surface area contributed by atoms with Crippen molar-refractivity contribution in [2.45, 2.75) is 18.2 Å². The summed E-state index contributed by atoms with van der Waals surface area (Å²) >= 11 is 0. The maximum absolute atomic E-state index is 11.0. The highest BCUT2D eigenvalue weighted by atomic mass is 16.5. The van der Waals surface area contributed by atoms with Gasteiger partial charge in [-0.15, -0.1) is 0 Å². The van der Waals surface area contributed by atoms with E-state index in [9.17, 15) is 14.4 Å². The molecule has 1 aromatic carbocycles. The quantitative estimate of drug-likeness (QED) is 0.344. The van der Waals surface area contributed by atoms with Crippen LogP contribution in [0.15, 0.2) is 24.3 Å². The number of carboxylic acid groups (broad SMARTS) is 2. The van der Waals surface area contributed by atoms with Gasteiger partial charge >= 0.3 is 17.9 Å². The van der Waals surface area contributed by atoms with Gasteiger partial charge in [0.25, 0.3) is 0 Å². The molecule has 1 aromatic rings. The molecule has 23 heavy (non-hydrogen) atoms. The number of hydrogen-bond donors (Lipinski definition) is 6. The molecule has 0 bridgehead atoms. The van der Waals surface area contributed by atoms with Gasteiger partial charge in [0.1, 0.15) is 11.8 Å². The molecule has 0 saturated carbocycles. The number of aliphatic carboxylic acids is 2. The Morgan fingerprint density at radius 3 is 1.70 bits per heavy atom. The summed E-state index contributed by atoms with van der Waals surface area (Å²) in [6.45, 7) is 0. The molecule has 7 N–H and O–H groups in total. The van der Waals surface area contributed by atoms with Gasteiger partial charge in [-0.05, 0) is 17.7 Å². The van der Waals surface area contributed by atoms with Crippen molar-refractivity contribution in [2.75, 3.05) is 7.11 Å². The molecular weight excluding hydrogens is 314 g/mol. The Labute approximate surface area is 130 Å². The van der Waals surface area contributed by atoms with Gasteiger partial charge in [-0.25, -0.2) is 9.59 Å². The molecule has 0 fully saturated rings. The van der Waals surface area contributed by atoms with Gasteiger partial charge in [0.2, 0.25) is 0 Å². The third-order valence-corrected chi connectivity index (χ3v) is 2.51. The Balaban J connectivity index is 0.000000438. The van der Waals surface area contributed by atoms with E-state index in [2.05, 4.69) is 4.74 Å². The van der Waals surface area contributed by atoms with E-state index >= 15 is 0 Å². The lowest BCUT2D eigenvalue weighted by Gasteiger charge is -2.08. The van der Waals surface area contributed by atoms with E-state index in [0.717, 1.165) is 0 Å². The van der Waals surface area contributed by atoms with Crippen LogP contribution >= 0.6 is 0 Å². The van der Waals surface area contributed by atoms with Crippen LogP contribution in [-0.4, -0.2) is 62.8 Å². The topological polar surface area (TPSA) is 188 Å². The monoisotopic (exact) mass is 331 g/mol. The summed E-state index contributed by atoms with van der Waals surface area (Å²) in [6, 6.07) is 5.31. The van der Waals surface area contributed by atoms with Crippen LogP contribution in [0, 0.1) is 0 Å². The number of ether oxygens (including phenoxy) is 1. The number of benzene rings is 1. The number of carboxylic acids is 2. The van der Waals surface area contributed by atoms with Gasteiger partial charge in [-0.3, -0.25) is 4.79 Å². The first-order valence-corrected chi connectivity index (χ1v) is 6.05. The summed E-state index contributed by atoms with van der Waals surface area (Å²) in [6.07, 6.45) is -4.53. The Kier molecular flexibility index (Phi) is 8.26. The van der Waals surface area contributed by atoms with Gasteiger partial charge in [0.05, 0.1) is 7.11 Å². The van der Waals surface area contributed by atoms with E-state index in [4.69, 9.17) is 31.3 Å². The zero-order valence-electron chi connectivity index (χ0n) is 12.0. The lowest BCUT2D eigenvalue weighted by molar-refractivity contribution is -0.165. The second kappa shape index (κ2) is 9.35. The zero-order valence-corrected chi connectivity index (χ0v) is 12.0. The van der Waals surface area contributed by atoms with E-state index in [1.54, 1.807) is 12.1 Å². The molecule has 0 radical (unpaired) electrons. The summed E-state index contributed by atoms with van der Waals surface area (Å²) in [7, 11) is 1.28. The molecule has 0 heterocycles. The van der Waals surface area contributed by atoms with Crippen molar-refractivity contribution < 1.29 is 44.7 Å². The van der Waals surface area contributed by atoms with E-state index < -0.39 is 36.2 Å². The van der Waals surface area contributed by atoms with Crippen LogP contribution in [-0.2, 0) is 19.1 Å². The van der Waals surface area contributed by atoms with Crippen LogP contribution in [0.5, 0.6) is 5.75 Å². The number of phenolic OH excluding ortho intramolecular Hbond substituents is 1. The zero-order chi connectivity index (χ0) is 18.2. The molecule has 10 heteroatoms. The lowest BCUT2D eigenvalue weighted by Crippen LogP contribution is -2.39. The smallest absolute Gasteiger partial charge is 0.335 e. The summed E-state index contributed by atoms with van der Waals surface area (Å²) in [5.41, 5.74) is 6.16. The minimum atomic E-state index is -2.27. The number of phenols is 1. The molecule has 0 amide bonds. The number of aromatic hydroxyl groups is 1. The average molecular weight is 331 g/mol. The van der Waals surface area contributed by atoms with Crippen LogP contribution < -0.4 is 5.73 Å². The second-order valence-electron chi connectivity index (χ2n) is 4.16. The summed E-state index contributed by atoms with van der Waals surface area (Å²) in [5, 5.41) is 41.5. The maximum atomic E-state index is 11.0. The van der Waals surface area contributed by atoms with E-state index in [1.165, 1.54) is 19.2 Å². The fraction of sp³-hybridized carbons (Fsp3) is 0.308. The highest BCUT2D eigenvalue weighted by Crippen LogP contribution is 2.15. The molecule has 0 aliphatic rings. The van der Waals surface area contributed by atoms with E-state index in [1.807, 2.05) is 0 Å². The van der Waals surface area contributed by atoms with Gasteiger partial charge in [0.15, 0.2) is 12.2 Å². The number of methoxy groups -OCH3 is 1. The van der Waals surface area contributed by atoms with E-state index in [-0.39, 0.29) is 5.75 Å². The summed E-state index contributed by atoms with van der Waals surface area (Å²) in [5.74, 6) is -3.89. The first kappa shape index (κ1) is 20.3. The standard InChI is InChI=1S/C9H11NO3.C4H6O6/c1-13-9(12)8(10)6-2-4-7(11)5-3-6;5-1(3(7)8)2(6)4(9)10/h2-5,8,11H,10H2,1H3;1-2,5-6H,(H,7,8)(H,9,10)/t8-;/m1./s1. The molecule has 0 aliphatic carbocycles. The molecule has 3 atom stereocenters. The van der Waals surface area contributed by atoms with Crippen LogP contribution in [0.3, 0.4) is 0 Å². The second-order valence-corrected chi connectivity index (χ2v) is 4.16. The molecule has 10 nitrogen and oxygen atoms in total. The first-order chi connectivity index (χ1) is 10.6. The normalized spacial score (nSPS) is 13.7. The van der Waals surface area contributed by atoms with E-state index in [0.29, 0.717) is 5.56 Å². The van der Waals surface area contributed by atoms with Gasteiger partial charge < -0.3 is 36.0 Å². The minimum absolute atomic E-state index is 0.140. The fourth-order valence-electron chi connectivity index (χ4n) is 1.21. The number of hydrogen-bond acceptors (Lipinski definition) is 8. The Hall–Kier alpha value is -2.69. The highest BCUT2D eigenvalue weighted by Gasteiger charge is 2.29. The fourth-order valence-corrected chi connectivity index (χ4v) is 1.21. The Morgan fingerprint density at radius 1 is 1.00 bits per heavy atom. The minimum Gasteiger partial charge on any atom is -0.508 e. The Morgan fingerprint density at radius 2 is 1.39 bits per heavy atom. The first-order valence-electron chi connectivity index (χ1n) is 6.05. The SMILES string of the molecule is COC(=O)[C@H](N)c1ccc(O)cc1.O=C(O)C(O)C(O)C(=O)O. The van der Waals surface area contributed by atoms with Crippen LogP contribution in [0.2, 0.25) is 0 Å². The number of esters is 1. The van der Waals surface area contributed by atoms with Crippen molar-refractivity contribution in [1.82, 2.24) is 0 Å². The third kappa shape index (κ3) is 6.74. The van der Waals surface area contributed by atoms with Crippen LogP contribution in [0.25, 0.3) is 0 Å². The summed E-state index contributed by atoms with van der Waals surface area (Å²) < 4.78 is 4.47. The van der Waals surface area contributed by atoms with Crippen LogP contribution in [0.1, 0.15) is 11.6 Å². The largest absolute Gasteiger partial charge is 0.508 e. The molecule has 0 spiro atoms. The maximum Gasteiger partial charge on any atom is 0.335 e. The number of nitrogens with two attached hydrogens (primary N) is 1. The number of carbonyl (C=O) groups excluding carboxylic acids is 1. The van der Waals surface area contributed by atoms with Crippen molar-refractivity contribution in [3.05, 3.63) is 29.8 Å². The van der Waals surface area contributed by atoms with Crippen molar-refractivity contribution >= 4 is 17.9 Å². The number of aliphatic hydroxyl groups excluding tert-OH is 2. The number of aliphatic hydroxyl groups is 2. The molecule has 128 valence electrons. The van der Waals surface area contributed by atoms with Gasteiger partial charge in [0, 0.05) is 0 Å². The molecule has 0 aromatic heterocycles. The van der Waals surface area contributed by atoms with Crippen LogP contribution in [0.4, 0.5) is 0 Å². The van der Waals surface area contributed by atoms with Crippen molar-refractivity contribution in [3.63, 3.8) is 0 Å².